The average molecular weight is 318 g/mol. The quantitative estimate of drug-likeness (QED) is 0.628. The Morgan fingerprint density at radius 2 is 1.71 bits per heavy atom. The summed E-state index contributed by atoms with van der Waals surface area (Å²) in [7, 11) is 0. The zero-order chi connectivity index (χ0) is 16.5. The summed E-state index contributed by atoms with van der Waals surface area (Å²) in [4.78, 5) is 15.3. The van der Waals surface area contributed by atoms with Crippen LogP contribution in [0.2, 0.25) is 0 Å². The van der Waals surface area contributed by atoms with Crippen molar-refractivity contribution in [3.8, 4) is 22.5 Å². The highest BCUT2D eigenvalue weighted by Crippen LogP contribution is 2.23. The SMILES string of the molecule is O=C(O)Cn1ccc(-c2ccc(-c3cn4ccccc4n3)cc2)n1. The van der Waals surface area contributed by atoms with Gasteiger partial charge in [-0.05, 0) is 18.2 Å². The molecule has 4 aromatic rings. The summed E-state index contributed by atoms with van der Waals surface area (Å²) < 4.78 is 3.39. The molecule has 0 aliphatic rings. The van der Waals surface area contributed by atoms with Crippen molar-refractivity contribution < 1.29 is 9.90 Å². The Kier molecular flexibility index (Phi) is 3.35. The lowest BCUT2D eigenvalue weighted by Gasteiger charge is -2.00. The number of fused-ring (bicyclic) bond motifs is 1. The Bertz CT molecular complexity index is 982. The monoisotopic (exact) mass is 318 g/mol. The molecule has 6 nitrogen and oxygen atoms in total. The van der Waals surface area contributed by atoms with E-state index >= 15 is 0 Å². The van der Waals surface area contributed by atoms with Crippen molar-refractivity contribution in [2.45, 2.75) is 6.54 Å². The van der Waals surface area contributed by atoms with Crippen LogP contribution in [0.15, 0.2) is 67.1 Å². The van der Waals surface area contributed by atoms with Crippen LogP contribution in [-0.2, 0) is 11.3 Å². The van der Waals surface area contributed by atoms with E-state index in [0.29, 0.717) is 0 Å². The van der Waals surface area contributed by atoms with E-state index in [1.807, 2.05) is 65.3 Å². The maximum absolute atomic E-state index is 10.7. The zero-order valence-corrected chi connectivity index (χ0v) is 12.7. The van der Waals surface area contributed by atoms with Gasteiger partial charge in [-0.15, -0.1) is 0 Å². The highest BCUT2D eigenvalue weighted by Gasteiger charge is 2.07. The summed E-state index contributed by atoms with van der Waals surface area (Å²) in [6.07, 6.45) is 5.63. The molecule has 0 atom stereocenters. The summed E-state index contributed by atoms with van der Waals surface area (Å²) in [5.74, 6) is -0.910. The second-order valence-electron chi connectivity index (χ2n) is 5.46. The van der Waals surface area contributed by atoms with Crippen LogP contribution in [0, 0.1) is 0 Å². The average Bonchev–Trinajstić information content (AvgIpc) is 3.21. The second kappa shape index (κ2) is 5.66. The summed E-state index contributed by atoms with van der Waals surface area (Å²) in [6.45, 7) is -0.140. The van der Waals surface area contributed by atoms with Gasteiger partial charge in [0.15, 0.2) is 0 Å². The van der Waals surface area contributed by atoms with Gasteiger partial charge in [0.25, 0.3) is 0 Å². The molecule has 0 aliphatic heterocycles. The van der Waals surface area contributed by atoms with Gasteiger partial charge < -0.3 is 9.51 Å². The van der Waals surface area contributed by atoms with Gasteiger partial charge in [0.2, 0.25) is 0 Å². The summed E-state index contributed by atoms with van der Waals surface area (Å²) in [5, 5.41) is 13.1. The molecule has 0 saturated carbocycles. The van der Waals surface area contributed by atoms with E-state index in [1.54, 1.807) is 6.20 Å². The van der Waals surface area contributed by atoms with Gasteiger partial charge in [-0.2, -0.15) is 5.10 Å². The van der Waals surface area contributed by atoms with Crippen molar-refractivity contribution in [3.63, 3.8) is 0 Å². The van der Waals surface area contributed by atoms with Gasteiger partial charge in [-0.3, -0.25) is 9.48 Å². The number of aliphatic carboxylic acids is 1. The molecule has 3 aromatic heterocycles. The Morgan fingerprint density at radius 1 is 0.958 bits per heavy atom. The van der Waals surface area contributed by atoms with Crippen LogP contribution in [-0.4, -0.2) is 30.2 Å². The number of carboxylic acid groups (broad SMARTS) is 1. The van der Waals surface area contributed by atoms with E-state index in [9.17, 15) is 4.79 Å². The third kappa shape index (κ3) is 2.65. The van der Waals surface area contributed by atoms with Crippen LogP contribution in [0.1, 0.15) is 0 Å². The number of hydrogen-bond donors (Lipinski definition) is 1. The van der Waals surface area contributed by atoms with Crippen molar-refractivity contribution >= 4 is 11.6 Å². The van der Waals surface area contributed by atoms with Crippen LogP contribution in [0.4, 0.5) is 0 Å². The number of aromatic nitrogens is 4. The number of hydrogen-bond acceptors (Lipinski definition) is 3. The molecule has 0 unspecified atom stereocenters. The minimum atomic E-state index is -0.910. The third-order valence-electron chi connectivity index (χ3n) is 3.78. The highest BCUT2D eigenvalue weighted by atomic mass is 16.4. The number of nitrogens with zero attached hydrogens (tertiary/aromatic N) is 4. The highest BCUT2D eigenvalue weighted by molar-refractivity contribution is 5.69. The molecule has 0 fully saturated rings. The van der Waals surface area contributed by atoms with Gasteiger partial charge in [0.05, 0.1) is 11.4 Å². The number of carbonyl (C=O) groups is 1. The second-order valence-corrected chi connectivity index (χ2v) is 5.46. The van der Waals surface area contributed by atoms with E-state index in [-0.39, 0.29) is 6.54 Å². The smallest absolute Gasteiger partial charge is 0.325 e. The molecular formula is C18H14N4O2. The fourth-order valence-corrected chi connectivity index (χ4v) is 2.63. The number of pyridine rings is 1. The summed E-state index contributed by atoms with van der Waals surface area (Å²) >= 11 is 0. The normalized spacial score (nSPS) is 11.0. The van der Waals surface area contributed by atoms with Crippen molar-refractivity contribution in [2.75, 3.05) is 0 Å². The van der Waals surface area contributed by atoms with Crippen LogP contribution < -0.4 is 0 Å². The van der Waals surface area contributed by atoms with Crippen LogP contribution in [0.3, 0.4) is 0 Å². The lowest BCUT2D eigenvalue weighted by molar-refractivity contribution is -0.137. The first-order valence-corrected chi connectivity index (χ1v) is 7.49. The molecule has 4 rings (SSSR count). The molecule has 0 radical (unpaired) electrons. The minimum absolute atomic E-state index is 0.140. The Hall–Kier alpha value is -3.41. The molecule has 0 aliphatic carbocycles. The Balaban J connectivity index is 1.62. The first-order chi connectivity index (χ1) is 11.7. The molecule has 0 bridgehead atoms. The molecule has 0 spiro atoms. The lowest BCUT2D eigenvalue weighted by Crippen LogP contribution is -2.08. The predicted molar refractivity (Wildman–Crippen MR) is 89.5 cm³/mol. The van der Waals surface area contributed by atoms with Gasteiger partial charge in [-0.25, -0.2) is 4.98 Å². The van der Waals surface area contributed by atoms with Gasteiger partial charge in [0.1, 0.15) is 12.2 Å². The first-order valence-electron chi connectivity index (χ1n) is 7.49. The predicted octanol–water partition coefficient (Wildman–Crippen LogP) is 2.95. The van der Waals surface area contributed by atoms with Crippen LogP contribution in [0.5, 0.6) is 0 Å². The third-order valence-corrected chi connectivity index (χ3v) is 3.78. The number of imidazole rings is 1. The molecule has 24 heavy (non-hydrogen) atoms. The fraction of sp³-hybridized carbons (Fsp3) is 0.0556. The minimum Gasteiger partial charge on any atom is -0.480 e. The van der Waals surface area contributed by atoms with E-state index in [0.717, 1.165) is 28.2 Å². The van der Waals surface area contributed by atoms with Crippen LogP contribution >= 0.6 is 0 Å². The number of benzene rings is 1. The Morgan fingerprint density at radius 3 is 2.42 bits per heavy atom. The van der Waals surface area contributed by atoms with Crippen molar-refractivity contribution in [2.24, 2.45) is 0 Å². The standard InChI is InChI=1S/C18H14N4O2/c23-18(24)12-22-10-8-15(20-22)13-4-6-14(7-5-13)16-11-21-9-2-1-3-17(21)19-16/h1-11H,12H2,(H,23,24). The van der Waals surface area contributed by atoms with Gasteiger partial charge in [0, 0.05) is 29.7 Å². The first kappa shape index (κ1) is 14.2. The topological polar surface area (TPSA) is 72.4 Å². The Labute approximate surface area is 137 Å². The molecule has 0 saturated heterocycles. The molecule has 1 N–H and O–H groups in total. The molecule has 6 heteroatoms. The summed E-state index contributed by atoms with van der Waals surface area (Å²) in [5.41, 5.74) is 4.52. The molecular weight excluding hydrogens is 304 g/mol. The van der Waals surface area contributed by atoms with Crippen molar-refractivity contribution in [1.29, 1.82) is 0 Å². The van der Waals surface area contributed by atoms with E-state index < -0.39 is 5.97 Å². The fourth-order valence-electron chi connectivity index (χ4n) is 2.63. The maximum atomic E-state index is 10.7. The number of carboxylic acids is 1. The molecule has 118 valence electrons. The van der Waals surface area contributed by atoms with Crippen LogP contribution in [0.25, 0.3) is 28.2 Å². The van der Waals surface area contributed by atoms with E-state index in [1.165, 1.54) is 4.68 Å². The largest absolute Gasteiger partial charge is 0.480 e. The molecule has 1 aromatic carbocycles. The molecule has 0 amide bonds. The van der Waals surface area contributed by atoms with E-state index in [2.05, 4.69) is 10.1 Å². The van der Waals surface area contributed by atoms with Crippen molar-refractivity contribution in [3.05, 3.63) is 67.1 Å². The van der Waals surface area contributed by atoms with E-state index in [4.69, 9.17) is 5.11 Å². The maximum Gasteiger partial charge on any atom is 0.325 e. The van der Waals surface area contributed by atoms with Gasteiger partial charge in [-0.1, -0.05) is 30.3 Å². The van der Waals surface area contributed by atoms with Crippen molar-refractivity contribution in [1.82, 2.24) is 19.2 Å². The lowest BCUT2D eigenvalue weighted by atomic mass is 10.1. The molecule has 3 heterocycles. The summed E-state index contributed by atoms with van der Waals surface area (Å²) in [6, 6.07) is 15.6. The zero-order valence-electron chi connectivity index (χ0n) is 12.7. The number of rotatable bonds is 4. The van der Waals surface area contributed by atoms with Gasteiger partial charge >= 0.3 is 5.97 Å².